The van der Waals surface area contributed by atoms with Crippen molar-refractivity contribution in [2.45, 2.75) is 38.9 Å². The standard InChI is InChI=1S/C11H18N4O/c1-2-15-7-6-12-10(15)8-14-9-4-3-5-13-11(9)16/h6-7,9,14H,2-5,8H2,1H3,(H,13,16). The summed E-state index contributed by atoms with van der Waals surface area (Å²) >= 11 is 0. The van der Waals surface area contributed by atoms with Crippen molar-refractivity contribution >= 4 is 5.91 Å². The van der Waals surface area contributed by atoms with Gasteiger partial charge < -0.3 is 9.88 Å². The summed E-state index contributed by atoms with van der Waals surface area (Å²) in [6, 6.07) is -0.0595. The molecule has 1 fully saturated rings. The summed E-state index contributed by atoms with van der Waals surface area (Å²) in [5.41, 5.74) is 0. The number of aryl methyl sites for hydroxylation is 1. The molecule has 1 saturated heterocycles. The highest BCUT2D eigenvalue weighted by atomic mass is 16.2. The van der Waals surface area contributed by atoms with Crippen molar-refractivity contribution in [3.05, 3.63) is 18.2 Å². The molecule has 0 radical (unpaired) electrons. The van der Waals surface area contributed by atoms with Crippen LogP contribution in [0.2, 0.25) is 0 Å². The monoisotopic (exact) mass is 222 g/mol. The van der Waals surface area contributed by atoms with Gasteiger partial charge in [0.05, 0.1) is 12.6 Å². The number of aromatic nitrogens is 2. The zero-order valence-electron chi connectivity index (χ0n) is 9.57. The Kier molecular flexibility index (Phi) is 3.56. The van der Waals surface area contributed by atoms with Gasteiger partial charge in [0.2, 0.25) is 5.91 Å². The molecule has 1 unspecified atom stereocenters. The van der Waals surface area contributed by atoms with Gasteiger partial charge in [-0.1, -0.05) is 0 Å². The fraction of sp³-hybridized carbons (Fsp3) is 0.636. The molecule has 0 aromatic carbocycles. The molecule has 0 saturated carbocycles. The molecule has 2 heterocycles. The molecule has 1 atom stereocenters. The highest BCUT2D eigenvalue weighted by Crippen LogP contribution is 2.04. The smallest absolute Gasteiger partial charge is 0.237 e. The molecular formula is C11H18N4O. The van der Waals surface area contributed by atoms with Crippen LogP contribution in [-0.2, 0) is 17.9 Å². The van der Waals surface area contributed by atoms with Crippen LogP contribution in [0.4, 0.5) is 0 Å². The average molecular weight is 222 g/mol. The minimum Gasteiger partial charge on any atom is -0.355 e. The summed E-state index contributed by atoms with van der Waals surface area (Å²) in [5.74, 6) is 1.10. The second kappa shape index (κ2) is 5.12. The summed E-state index contributed by atoms with van der Waals surface area (Å²) in [7, 11) is 0. The maximum absolute atomic E-state index is 11.5. The normalized spacial score (nSPS) is 20.8. The van der Waals surface area contributed by atoms with Crippen LogP contribution in [0.25, 0.3) is 0 Å². The lowest BCUT2D eigenvalue weighted by molar-refractivity contribution is -0.124. The molecule has 0 spiro atoms. The Labute approximate surface area is 95.2 Å². The van der Waals surface area contributed by atoms with E-state index in [0.29, 0.717) is 6.54 Å². The summed E-state index contributed by atoms with van der Waals surface area (Å²) < 4.78 is 2.08. The second-order valence-corrected chi connectivity index (χ2v) is 4.00. The van der Waals surface area contributed by atoms with Gasteiger partial charge >= 0.3 is 0 Å². The number of imidazole rings is 1. The van der Waals surface area contributed by atoms with Gasteiger partial charge in [-0.15, -0.1) is 0 Å². The fourth-order valence-electron chi connectivity index (χ4n) is 1.98. The second-order valence-electron chi connectivity index (χ2n) is 4.00. The molecular weight excluding hydrogens is 204 g/mol. The Bertz CT molecular complexity index is 361. The highest BCUT2D eigenvalue weighted by molar-refractivity contribution is 5.82. The van der Waals surface area contributed by atoms with Crippen LogP contribution in [0.15, 0.2) is 12.4 Å². The molecule has 0 aliphatic carbocycles. The van der Waals surface area contributed by atoms with Crippen molar-refractivity contribution < 1.29 is 4.79 Å². The molecule has 1 aliphatic heterocycles. The highest BCUT2D eigenvalue weighted by Gasteiger charge is 2.21. The zero-order valence-corrected chi connectivity index (χ0v) is 9.57. The predicted octanol–water partition coefficient (Wildman–Crippen LogP) is 0.271. The van der Waals surface area contributed by atoms with Crippen LogP contribution in [0, 0.1) is 0 Å². The summed E-state index contributed by atoms with van der Waals surface area (Å²) in [4.78, 5) is 15.8. The molecule has 0 bridgehead atoms. The third kappa shape index (κ3) is 2.41. The van der Waals surface area contributed by atoms with E-state index in [-0.39, 0.29) is 11.9 Å². The number of hydrogen-bond donors (Lipinski definition) is 2. The topological polar surface area (TPSA) is 59.0 Å². The van der Waals surface area contributed by atoms with Crippen LogP contribution >= 0.6 is 0 Å². The lowest BCUT2D eigenvalue weighted by Crippen LogP contribution is -2.48. The molecule has 2 rings (SSSR count). The van der Waals surface area contributed by atoms with Gasteiger partial charge in [-0.3, -0.25) is 10.1 Å². The van der Waals surface area contributed by atoms with Crippen LogP contribution in [0.3, 0.4) is 0 Å². The Morgan fingerprint density at radius 1 is 1.69 bits per heavy atom. The van der Waals surface area contributed by atoms with Gasteiger partial charge in [0.1, 0.15) is 5.82 Å². The number of rotatable bonds is 4. The zero-order chi connectivity index (χ0) is 11.4. The van der Waals surface area contributed by atoms with E-state index in [9.17, 15) is 4.79 Å². The first kappa shape index (κ1) is 11.1. The first-order valence-corrected chi connectivity index (χ1v) is 5.82. The molecule has 1 aromatic rings. The lowest BCUT2D eigenvalue weighted by atomic mass is 10.1. The summed E-state index contributed by atoms with van der Waals surface area (Å²) in [6.07, 6.45) is 5.71. The summed E-state index contributed by atoms with van der Waals surface area (Å²) in [5, 5.41) is 6.12. The van der Waals surface area contributed by atoms with Gasteiger partial charge in [-0.2, -0.15) is 0 Å². The van der Waals surface area contributed by atoms with Crippen LogP contribution in [-0.4, -0.2) is 28.0 Å². The Morgan fingerprint density at radius 3 is 3.31 bits per heavy atom. The van der Waals surface area contributed by atoms with Gasteiger partial charge in [0.15, 0.2) is 0 Å². The van der Waals surface area contributed by atoms with Gasteiger partial charge in [0, 0.05) is 25.5 Å². The van der Waals surface area contributed by atoms with Crippen molar-refractivity contribution in [2.24, 2.45) is 0 Å². The number of nitrogens with one attached hydrogen (secondary N) is 2. The van der Waals surface area contributed by atoms with E-state index in [0.717, 1.165) is 31.8 Å². The molecule has 1 aliphatic rings. The molecule has 1 amide bonds. The number of nitrogens with zero attached hydrogens (tertiary/aromatic N) is 2. The van der Waals surface area contributed by atoms with Crippen LogP contribution < -0.4 is 10.6 Å². The van der Waals surface area contributed by atoms with E-state index in [4.69, 9.17) is 0 Å². The number of amides is 1. The lowest BCUT2D eigenvalue weighted by Gasteiger charge is -2.22. The molecule has 16 heavy (non-hydrogen) atoms. The maximum atomic E-state index is 11.5. The first-order chi connectivity index (χ1) is 7.81. The van der Waals surface area contributed by atoms with Gasteiger partial charge in [-0.05, 0) is 19.8 Å². The van der Waals surface area contributed by atoms with E-state index in [1.807, 2.05) is 6.20 Å². The first-order valence-electron chi connectivity index (χ1n) is 5.82. The van der Waals surface area contributed by atoms with E-state index in [2.05, 4.69) is 27.1 Å². The fourth-order valence-corrected chi connectivity index (χ4v) is 1.98. The van der Waals surface area contributed by atoms with E-state index in [1.165, 1.54) is 0 Å². The maximum Gasteiger partial charge on any atom is 0.237 e. The average Bonchev–Trinajstić information content (AvgIpc) is 2.75. The Morgan fingerprint density at radius 2 is 2.56 bits per heavy atom. The molecule has 1 aromatic heterocycles. The predicted molar refractivity (Wildman–Crippen MR) is 60.8 cm³/mol. The van der Waals surface area contributed by atoms with Crippen molar-refractivity contribution in [1.82, 2.24) is 20.2 Å². The van der Waals surface area contributed by atoms with Crippen molar-refractivity contribution in [3.8, 4) is 0 Å². The largest absolute Gasteiger partial charge is 0.355 e. The van der Waals surface area contributed by atoms with E-state index >= 15 is 0 Å². The van der Waals surface area contributed by atoms with E-state index in [1.54, 1.807) is 6.20 Å². The Balaban J connectivity index is 1.89. The number of carbonyl (C=O) groups excluding carboxylic acids is 1. The van der Waals surface area contributed by atoms with Crippen molar-refractivity contribution in [1.29, 1.82) is 0 Å². The minimum absolute atomic E-state index is 0.0595. The van der Waals surface area contributed by atoms with E-state index < -0.39 is 0 Å². The van der Waals surface area contributed by atoms with Crippen LogP contribution in [0.1, 0.15) is 25.6 Å². The minimum atomic E-state index is -0.0595. The third-order valence-electron chi connectivity index (χ3n) is 2.93. The van der Waals surface area contributed by atoms with Gasteiger partial charge in [-0.25, -0.2) is 4.98 Å². The van der Waals surface area contributed by atoms with Crippen LogP contribution in [0.5, 0.6) is 0 Å². The molecule has 2 N–H and O–H groups in total. The number of piperidine rings is 1. The SMILES string of the molecule is CCn1ccnc1CNC1CCCNC1=O. The van der Waals surface area contributed by atoms with Gasteiger partial charge in [0.25, 0.3) is 0 Å². The quantitative estimate of drug-likeness (QED) is 0.769. The molecule has 88 valence electrons. The number of carbonyl (C=O) groups is 1. The Hall–Kier alpha value is -1.36. The molecule has 5 heteroatoms. The number of hydrogen-bond acceptors (Lipinski definition) is 3. The van der Waals surface area contributed by atoms with Crippen molar-refractivity contribution in [2.75, 3.05) is 6.54 Å². The summed E-state index contributed by atoms with van der Waals surface area (Å²) in [6.45, 7) is 4.45. The van der Waals surface area contributed by atoms with Crippen molar-refractivity contribution in [3.63, 3.8) is 0 Å². The third-order valence-corrected chi connectivity index (χ3v) is 2.93. The molecule has 5 nitrogen and oxygen atoms in total.